The Labute approximate surface area is 150 Å². The second-order valence-electron chi connectivity index (χ2n) is 5.44. The number of carboxylic acids is 1. The van der Waals surface area contributed by atoms with Gasteiger partial charge in [-0.15, -0.1) is 0 Å². The highest BCUT2D eigenvalue weighted by Gasteiger charge is 2.21. The Bertz CT molecular complexity index is 894. The minimum atomic E-state index is -3.36. The average Bonchev–Trinajstić information content (AvgIpc) is 2.53. The van der Waals surface area contributed by atoms with Gasteiger partial charge in [-0.1, -0.05) is 29.8 Å². The highest BCUT2D eigenvalue weighted by molar-refractivity contribution is 7.90. The molecule has 0 saturated carbocycles. The number of carboxylic acid groups (broad SMARTS) is 1. The highest BCUT2D eigenvalue weighted by Crippen LogP contribution is 2.25. The third kappa shape index (κ3) is 5.04. The van der Waals surface area contributed by atoms with Gasteiger partial charge in [0.25, 0.3) is 5.91 Å². The Morgan fingerprint density at radius 3 is 2.24 bits per heavy atom. The molecule has 0 aliphatic heterocycles. The lowest BCUT2D eigenvalue weighted by Crippen LogP contribution is -2.30. The Balaban J connectivity index is 2.25. The molecule has 0 bridgehead atoms. The maximum Gasteiger partial charge on any atom is 0.305 e. The summed E-state index contributed by atoms with van der Waals surface area (Å²) >= 11 is 6.09. The van der Waals surface area contributed by atoms with Crippen LogP contribution in [0.1, 0.15) is 28.4 Å². The lowest BCUT2D eigenvalue weighted by Gasteiger charge is -2.18. The van der Waals surface area contributed by atoms with E-state index < -0.39 is 27.8 Å². The van der Waals surface area contributed by atoms with Crippen LogP contribution in [-0.4, -0.2) is 31.7 Å². The van der Waals surface area contributed by atoms with Gasteiger partial charge in [-0.3, -0.25) is 9.59 Å². The number of nitrogens with one attached hydrogen (secondary N) is 1. The molecule has 2 N–H and O–H groups in total. The molecule has 2 aromatic carbocycles. The number of carbonyl (C=O) groups is 2. The van der Waals surface area contributed by atoms with Gasteiger partial charge in [0.2, 0.25) is 0 Å². The van der Waals surface area contributed by atoms with Crippen molar-refractivity contribution < 1.29 is 23.1 Å². The maximum atomic E-state index is 12.4. The van der Waals surface area contributed by atoms with Crippen molar-refractivity contribution in [2.75, 3.05) is 6.26 Å². The molecule has 8 heteroatoms. The Kier molecular flexibility index (Phi) is 5.81. The minimum Gasteiger partial charge on any atom is -0.481 e. The van der Waals surface area contributed by atoms with E-state index in [0.29, 0.717) is 10.6 Å². The van der Waals surface area contributed by atoms with E-state index in [4.69, 9.17) is 16.7 Å². The van der Waals surface area contributed by atoms with Crippen LogP contribution in [0.25, 0.3) is 0 Å². The van der Waals surface area contributed by atoms with Crippen molar-refractivity contribution in [1.82, 2.24) is 5.32 Å². The smallest absolute Gasteiger partial charge is 0.305 e. The minimum absolute atomic E-state index is 0.0947. The van der Waals surface area contributed by atoms with Gasteiger partial charge in [-0.2, -0.15) is 0 Å². The van der Waals surface area contributed by atoms with Crippen molar-refractivity contribution in [2.24, 2.45) is 0 Å². The molecule has 0 heterocycles. The molecule has 0 saturated heterocycles. The molecule has 1 atom stereocenters. The molecule has 132 valence electrons. The zero-order valence-corrected chi connectivity index (χ0v) is 14.8. The van der Waals surface area contributed by atoms with E-state index in [-0.39, 0.29) is 16.9 Å². The van der Waals surface area contributed by atoms with Crippen LogP contribution in [0.5, 0.6) is 0 Å². The zero-order valence-electron chi connectivity index (χ0n) is 13.3. The molecule has 6 nitrogen and oxygen atoms in total. The number of rotatable bonds is 6. The summed E-state index contributed by atoms with van der Waals surface area (Å²) in [4.78, 5) is 23.6. The number of sulfone groups is 1. The number of aliphatic carboxylic acids is 1. The van der Waals surface area contributed by atoms with E-state index in [1.807, 2.05) is 0 Å². The first-order valence-electron chi connectivity index (χ1n) is 7.25. The predicted molar refractivity (Wildman–Crippen MR) is 93.5 cm³/mol. The Morgan fingerprint density at radius 2 is 1.72 bits per heavy atom. The fourth-order valence-corrected chi connectivity index (χ4v) is 3.16. The zero-order chi connectivity index (χ0) is 18.6. The van der Waals surface area contributed by atoms with Crippen LogP contribution in [0.3, 0.4) is 0 Å². The summed E-state index contributed by atoms with van der Waals surface area (Å²) in [5.74, 6) is -1.61. The van der Waals surface area contributed by atoms with Gasteiger partial charge < -0.3 is 10.4 Å². The van der Waals surface area contributed by atoms with E-state index in [1.54, 1.807) is 24.3 Å². The van der Waals surface area contributed by atoms with Crippen molar-refractivity contribution in [2.45, 2.75) is 17.4 Å². The number of halogens is 1. The van der Waals surface area contributed by atoms with E-state index in [1.165, 1.54) is 24.3 Å². The van der Waals surface area contributed by atoms with E-state index in [0.717, 1.165) is 6.26 Å². The van der Waals surface area contributed by atoms with Gasteiger partial charge in [0, 0.05) is 16.8 Å². The summed E-state index contributed by atoms with van der Waals surface area (Å²) in [5.41, 5.74) is 0.711. The Hall–Kier alpha value is -2.38. The van der Waals surface area contributed by atoms with Gasteiger partial charge >= 0.3 is 5.97 Å². The fraction of sp³-hybridized carbons (Fsp3) is 0.176. The molecular formula is C17H16ClNO5S. The number of hydrogen-bond donors (Lipinski definition) is 2. The summed E-state index contributed by atoms with van der Waals surface area (Å²) in [6, 6.07) is 11.2. The van der Waals surface area contributed by atoms with E-state index >= 15 is 0 Å². The molecule has 0 aromatic heterocycles. The number of hydrogen-bond acceptors (Lipinski definition) is 4. The van der Waals surface area contributed by atoms with Gasteiger partial charge in [0.1, 0.15) is 0 Å². The Morgan fingerprint density at radius 1 is 1.12 bits per heavy atom. The summed E-state index contributed by atoms with van der Waals surface area (Å²) in [6.45, 7) is 0. The molecule has 1 unspecified atom stereocenters. The molecule has 25 heavy (non-hydrogen) atoms. The average molecular weight is 382 g/mol. The van der Waals surface area contributed by atoms with Gasteiger partial charge in [0.15, 0.2) is 9.84 Å². The van der Waals surface area contributed by atoms with Crippen LogP contribution < -0.4 is 5.32 Å². The highest BCUT2D eigenvalue weighted by atomic mass is 35.5. The molecule has 0 aliphatic rings. The van der Waals surface area contributed by atoms with Gasteiger partial charge in [-0.25, -0.2) is 8.42 Å². The number of amides is 1. The summed E-state index contributed by atoms with van der Waals surface area (Å²) in [5, 5.41) is 12.1. The molecule has 0 fully saturated rings. The molecule has 0 radical (unpaired) electrons. The largest absolute Gasteiger partial charge is 0.481 e. The normalized spacial score (nSPS) is 12.4. The van der Waals surface area contributed by atoms with Crippen molar-refractivity contribution >= 4 is 33.3 Å². The molecule has 2 aromatic rings. The van der Waals surface area contributed by atoms with Gasteiger partial charge in [-0.05, 0) is 35.9 Å². The van der Waals surface area contributed by atoms with E-state index in [9.17, 15) is 18.0 Å². The SMILES string of the molecule is CS(=O)(=O)c1ccc(C(=O)NC(CC(=O)O)c2ccccc2Cl)cc1. The first-order chi connectivity index (χ1) is 11.7. The van der Waals surface area contributed by atoms with Crippen molar-refractivity contribution in [3.63, 3.8) is 0 Å². The standard InChI is InChI=1S/C17H16ClNO5S/c1-25(23,24)12-8-6-11(7-9-12)17(22)19-15(10-16(20)21)13-4-2-3-5-14(13)18/h2-9,15H,10H2,1H3,(H,19,22)(H,20,21). The van der Waals surface area contributed by atoms with Crippen molar-refractivity contribution in [3.8, 4) is 0 Å². The lowest BCUT2D eigenvalue weighted by atomic mass is 10.0. The second-order valence-corrected chi connectivity index (χ2v) is 7.86. The molecular weight excluding hydrogens is 366 g/mol. The van der Waals surface area contributed by atoms with Gasteiger partial charge in [0.05, 0.1) is 17.4 Å². The van der Waals surface area contributed by atoms with Crippen LogP contribution in [0.4, 0.5) is 0 Å². The van der Waals surface area contributed by atoms with Crippen LogP contribution in [0.15, 0.2) is 53.4 Å². The third-order valence-electron chi connectivity index (χ3n) is 3.51. The van der Waals surface area contributed by atoms with Crippen LogP contribution >= 0.6 is 11.6 Å². The summed E-state index contributed by atoms with van der Waals surface area (Å²) in [6.07, 6.45) is 0.735. The van der Waals surface area contributed by atoms with Crippen LogP contribution in [-0.2, 0) is 14.6 Å². The molecule has 0 aliphatic carbocycles. The topological polar surface area (TPSA) is 101 Å². The van der Waals surface area contributed by atoms with Crippen LogP contribution in [0.2, 0.25) is 5.02 Å². The molecule has 0 spiro atoms. The summed E-state index contributed by atoms with van der Waals surface area (Å²) < 4.78 is 22.9. The quantitative estimate of drug-likeness (QED) is 0.801. The first kappa shape index (κ1) is 19.0. The lowest BCUT2D eigenvalue weighted by molar-refractivity contribution is -0.137. The predicted octanol–water partition coefficient (Wildman–Crippen LogP) is 2.69. The number of benzene rings is 2. The van der Waals surface area contributed by atoms with Crippen molar-refractivity contribution in [3.05, 3.63) is 64.7 Å². The molecule has 1 amide bonds. The molecule has 2 rings (SSSR count). The summed E-state index contributed by atoms with van der Waals surface area (Å²) in [7, 11) is -3.36. The van der Waals surface area contributed by atoms with E-state index in [2.05, 4.69) is 5.32 Å². The fourth-order valence-electron chi connectivity index (χ4n) is 2.27. The number of carbonyl (C=O) groups excluding carboxylic acids is 1. The first-order valence-corrected chi connectivity index (χ1v) is 9.52. The third-order valence-corrected chi connectivity index (χ3v) is 4.98. The second kappa shape index (κ2) is 7.67. The van der Waals surface area contributed by atoms with Crippen LogP contribution in [0, 0.1) is 0 Å². The van der Waals surface area contributed by atoms with Crippen molar-refractivity contribution in [1.29, 1.82) is 0 Å². The monoisotopic (exact) mass is 381 g/mol. The maximum absolute atomic E-state index is 12.4.